The lowest BCUT2D eigenvalue weighted by atomic mass is 10.2. The van der Waals surface area contributed by atoms with E-state index in [0.29, 0.717) is 32.1 Å². The lowest BCUT2D eigenvalue weighted by molar-refractivity contribution is -0.129. The molecule has 3 N–H and O–H groups in total. The Morgan fingerprint density at radius 3 is 2.86 bits per heavy atom. The lowest BCUT2D eigenvalue weighted by Crippen LogP contribution is -2.44. The zero-order valence-corrected chi connectivity index (χ0v) is 18.1. The Bertz CT molecular complexity index is 813. The summed E-state index contributed by atoms with van der Waals surface area (Å²) in [6.45, 7) is 4.23. The molecule has 9 nitrogen and oxygen atoms in total. The maximum absolute atomic E-state index is 12.3. The van der Waals surface area contributed by atoms with Crippen LogP contribution in [0.25, 0.3) is 0 Å². The van der Waals surface area contributed by atoms with E-state index in [1.54, 1.807) is 25.2 Å². The summed E-state index contributed by atoms with van der Waals surface area (Å²) in [6.07, 6.45) is 1.38. The van der Waals surface area contributed by atoms with Gasteiger partial charge in [0.2, 0.25) is 15.9 Å². The molecule has 1 aliphatic rings. The van der Waals surface area contributed by atoms with Crippen molar-refractivity contribution < 1.29 is 17.9 Å². The molecule has 1 atom stereocenters. The average Bonchev–Trinajstić information content (AvgIpc) is 3.19. The number of hydrogen-bond donors (Lipinski definition) is 3. The number of aliphatic imine (C=N–C) groups is 1. The molecule has 1 unspecified atom stereocenters. The third kappa shape index (κ3) is 6.98. The van der Waals surface area contributed by atoms with Crippen LogP contribution in [-0.4, -0.2) is 71.6 Å². The van der Waals surface area contributed by atoms with E-state index < -0.39 is 10.0 Å². The number of amides is 1. The maximum atomic E-state index is 12.3. The third-order valence-electron chi connectivity index (χ3n) is 4.67. The summed E-state index contributed by atoms with van der Waals surface area (Å²) in [6, 6.07) is 6.90. The first-order valence-electron chi connectivity index (χ1n) is 9.72. The van der Waals surface area contributed by atoms with Gasteiger partial charge in [-0.1, -0.05) is 19.1 Å². The van der Waals surface area contributed by atoms with Gasteiger partial charge in [0.15, 0.2) is 5.96 Å². The molecule has 1 amide bonds. The maximum Gasteiger partial charge on any atom is 0.240 e. The van der Waals surface area contributed by atoms with Gasteiger partial charge in [-0.25, -0.2) is 13.1 Å². The minimum absolute atomic E-state index is 0.147. The van der Waals surface area contributed by atoms with E-state index in [9.17, 15) is 13.2 Å². The number of nitrogens with one attached hydrogen (secondary N) is 3. The molecule has 1 heterocycles. The predicted octanol–water partition coefficient (Wildman–Crippen LogP) is 0.287. The van der Waals surface area contributed by atoms with Crippen molar-refractivity contribution in [1.29, 1.82) is 0 Å². The fourth-order valence-electron chi connectivity index (χ4n) is 3.09. The Hall–Kier alpha value is -2.17. The topological polar surface area (TPSA) is 112 Å². The van der Waals surface area contributed by atoms with Crippen LogP contribution in [-0.2, 0) is 26.1 Å². The van der Waals surface area contributed by atoms with Crippen molar-refractivity contribution in [2.75, 3.05) is 40.4 Å². The smallest absolute Gasteiger partial charge is 0.240 e. The summed E-state index contributed by atoms with van der Waals surface area (Å²) in [5.41, 5.74) is 0.816. The van der Waals surface area contributed by atoms with Crippen LogP contribution >= 0.6 is 0 Å². The van der Waals surface area contributed by atoms with E-state index in [2.05, 4.69) is 20.3 Å². The summed E-state index contributed by atoms with van der Waals surface area (Å²) in [7, 11) is -0.375. The van der Waals surface area contributed by atoms with Gasteiger partial charge in [0, 0.05) is 52.8 Å². The zero-order chi connectivity index (χ0) is 21.3. The van der Waals surface area contributed by atoms with Crippen LogP contribution in [0.2, 0.25) is 0 Å². The molecular formula is C19H31N5O4S. The number of nitrogens with zero attached hydrogens (tertiary/aromatic N) is 2. The number of ether oxygens (including phenoxy) is 1. The second-order valence-electron chi connectivity index (χ2n) is 6.79. The van der Waals surface area contributed by atoms with Crippen LogP contribution < -0.4 is 15.4 Å². The van der Waals surface area contributed by atoms with Gasteiger partial charge < -0.3 is 20.3 Å². The highest BCUT2D eigenvalue weighted by Gasteiger charge is 2.25. The van der Waals surface area contributed by atoms with Crippen LogP contribution in [0.15, 0.2) is 34.2 Å². The average molecular weight is 426 g/mol. The second-order valence-corrected chi connectivity index (χ2v) is 8.55. The lowest BCUT2D eigenvalue weighted by Gasteiger charge is -2.19. The fraction of sp³-hybridized carbons (Fsp3) is 0.579. The molecule has 1 saturated heterocycles. The summed E-state index contributed by atoms with van der Waals surface area (Å²) >= 11 is 0. The van der Waals surface area contributed by atoms with Gasteiger partial charge in [-0.3, -0.25) is 9.79 Å². The van der Waals surface area contributed by atoms with Crippen molar-refractivity contribution in [2.45, 2.75) is 37.2 Å². The molecule has 0 spiro atoms. The molecular weight excluding hydrogens is 394 g/mol. The Morgan fingerprint density at radius 1 is 1.38 bits per heavy atom. The van der Waals surface area contributed by atoms with Gasteiger partial charge in [0.05, 0.1) is 11.5 Å². The Morgan fingerprint density at radius 2 is 2.17 bits per heavy atom. The number of likely N-dealkylation sites (tertiary alicyclic amines) is 1. The molecule has 0 aromatic heterocycles. The predicted molar refractivity (Wildman–Crippen MR) is 112 cm³/mol. The van der Waals surface area contributed by atoms with Crippen molar-refractivity contribution in [3.8, 4) is 0 Å². The number of rotatable bonds is 9. The van der Waals surface area contributed by atoms with Crippen LogP contribution in [0.3, 0.4) is 0 Å². The first-order chi connectivity index (χ1) is 13.9. The van der Waals surface area contributed by atoms with Crippen LogP contribution in [0.1, 0.15) is 25.3 Å². The van der Waals surface area contributed by atoms with Gasteiger partial charge in [-0.2, -0.15) is 0 Å². The van der Waals surface area contributed by atoms with E-state index in [4.69, 9.17) is 4.74 Å². The Balaban J connectivity index is 1.91. The summed E-state index contributed by atoms with van der Waals surface area (Å²) in [5.74, 6) is 0.779. The minimum atomic E-state index is -3.58. The molecule has 1 aliphatic heterocycles. The largest absolute Gasteiger partial charge is 0.383 e. The quantitative estimate of drug-likeness (QED) is 0.298. The molecule has 29 heavy (non-hydrogen) atoms. The molecule has 10 heteroatoms. The van der Waals surface area contributed by atoms with Crippen LogP contribution in [0.4, 0.5) is 0 Å². The van der Waals surface area contributed by atoms with Crippen molar-refractivity contribution in [3.05, 3.63) is 29.8 Å². The summed E-state index contributed by atoms with van der Waals surface area (Å²) < 4.78 is 32.1. The van der Waals surface area contributed by atoms with E-state index in [1.165, 1.54) is 7.11 Å². The highest BCUT2D eigenvalue weighted by atomic mass is 32.2. The van der Waals surface area contributed by atoms with Gasteiger partial charge in [0.1, 0.15) is 0 Å². The van der Waals surface area contributed by atoms with Crippen LogP contribution in [0, 0.1) is 0 Å². The number of hydrogen-bond acceptors (Lipinski definition) is 5. The Labute approximate surface area is 173 Å². The fourth-order valence-corrected chi connectivity index (χ4v) is 4.17. The highest BCUT2D eigenvalue weighted by molar-refractivity contribution is 7.89. The van der Waals surface area contributed by atoms with E-state index >= 15 is 0 Å². The van der Waals surface area contributed by atoms with Gasteiger partial charge in [0.25, 0.3) is 0 Å². The summed E-state index contributed by atoms with van der Waals surface area (Å²) in [4.78, 5) is 18.1. The van der Waals surface area contributed by atoms with Crippen molar-refractivity contribution in [2.24, 2.45) is 4.99 Å². The highest BCUT2D eigenvalue weighted by Crippen LogP contribution is 2.12. The molecule has 1 aromatic carbocycles. The monoisotopic (exact) mass is 425 g/mol. The van der Waals surface area contributed by atoms with Gasteiger partial charge >= 0.3 is 0 Å². The number of methoxy groups -OCH3 is 1. The SMILES string of the molecule is CCC(=O)N1CCC(NC(=NC)NCc2cccc(S(=O)(=O)NCCOC)c2)C1. The third-order valence-corrected chi connectivity index (χ3v) is 6.13. The van der Waals surface area contributed by atoms with Crippen molar-refractivity contribution in [3.63, 3.8) is 0 Å². The van der Waals surface area contributed by atoms with Gasteiger partial charge in [-0.05, 0) is 24.1 Å². The summed E-state index contributed by atoms with van der Waals surface area (Å²) in [5, 5.41) is 6.53. The molecule has 0 bridgehead atoms. The number of carbonyl (C=O) groups excluding carboxylic acids is 1. The van der Waals surface area contributed by atoms with Crippen molar-refractivity contribution in [1.82, 2.24) is 20.3 Å². The molecule has 0 saturated carbocycles. The van der Waals surface area contributed by atoms with E-state index in [-0.39, 0.29) is 23.4 Å². The normalized spacial score (nSPS) is 17.4. The molecule has 2 rings (SSSR count). The number of sulfonamides is 1. The first-order valence-corrected chi connectivity index (χ1v) is 11.2. The standard InChI is InChI=1S/C19H31N5O4S/c1-4-18(25)24-10-8-16(14-24)23-19(20-2)21-13-15-6-5-7-17(12-15)29(26,27)22-9-11-28-3/h5-7,12,16,22H,4,8-11,13-14H2,1-3H3,(H2,20,21,23). The first kappa shape index (κ1) is 23.1. The molecule has 1 aromatic rings. The zero-order valence-electron chi connectivity index (χ0n) is 17.3. The Kier molecular flexibility index (Phi) is 8.87. The number of guanidine groups is 1. The second kappa shape index (κ2) is 11.1. The molecule has 1 fully saturated rings. The van der Waals surface area contributed by atoms with Crippen molar-refractivity contribution >= 4 is 21.9 Å². The molecule has 0 radical (unpaired) electrons. The van der Waals surface area contributed by atoms with E-state index in [0.717, 1.165) is 18.5 Å². The number of benzene rings is 1. The minimum Gasteiger partial charge on any atom is -0.383 e. The van der Waals surface area contributed by atoms with Gasteiger partial charge in [-0.15, -0.1) is 0 Å². The number of carbonyl (C=O) groups is 1. The molecule has 162 valence electrons. The van der Waals surface area contributed by atoms with E-state index in [1.807, 2.05) is 17.9 Å². The molecule has 0 aliphatic carbocycles. The van der Waals surface area contributed by atoms with Crippen LogP contribution in [0.5, 0.6) is 0 Å².